The van der Waals surface area contributed by atoms with Crippen molar-refractivity contribution in [3.8, 4) is 23.0 Å². The summed E-state index contributed by atoms with van der Waals surface area (Å²) in [5.74, 6) is 0.391. The standard InChI is InChI=1S/C26H25FN2O5S/c1-32-25-16-20-22(17-26(25)33-2)28-14-12-23(20)34-24-11-10-19(15-21(24)27)35(30,31)29-13-6-9-18-7-4-3-5-8-18/h3-5,7-8,10-12,14-17,29H,6,9,13H2,1-2H3. The first-order valence-electron chi connectivity index (χ1n) is 10.9. The molecule has 0 unspecified atom stereocenters. The predicted molar refractivity (Wildman–Crippen MR) is 131 cm³/mol. The maximum Gasteiger partial charge on any atom is 0.240 e. The third-order valence-electron chi connectivity index (χ3n) is 5.42. The molecule has 0 radical (unpaired) electrons. The van der Waals surface area contributed by atoms with Crippen LogP contribution >= 0.6 is 0 Å². The van der Waals surface area contributed by atoms with Gasteiger partial charge in [-0.2, -0.15) is 0 Å². The van der Waals surface area contributed by atoms with E-state index in [0.29, 0.717) is 34.6 Å². The number of pyridine rings is 1. The molecule has 0 atom stereocenters. The fourth-order valence-electron chi connectivity index (χ4n) is 3.61. The fraction of sp³-hybridized carbons (Fsp3) is 0.192. The van der Waals surface area contributed by atoms with E-state index in [4.69, 9.17) is 14.2 Å². The van der Waals surface area contributed by atoms with Crippen LogP contribution in [0.2, 0.25) is 0 Å². The number of methoxy groups -OCH3 is 2. The largest absolute Gasteiger partial charge is 0.493 e. The SMILES string of the molecule is COc1cc2nccc(Oc3ccc(S(=O)(=O)NCCCc4ccccc4)cc3F)c2cc1OC. The molecule has 0 spiro atoms. The summed E-state index contributed by atoms with van der Waals surface area (Å²) in [7, 11) is -0.834. The number of halogens is 1. The molecule has 0 amide bonds. The minimum atomic E-state index is -3.86. The summed E-state index contributed by atoms with van der Waals surface area (Å²) in [5, 5.41) is 0.585. The molecule has 1 aromatic heterocycles. The minimum Gasteiger partial charge on any atom is -0.493 e. The van der Waals surface area contributed by atoms with Crippen molar-refractivity contribution in [3.63, 3.8) is 0 Å². The van der Waals surface area contributed by atoms with Crippen LogP contribution in [0.25, 0.3) is 10.9 Å². The van der Waals surface area contributed by atoms with Crippen molar-refractivity contribution in [1.82, 2.24) is 9.71 Å². The van der Waals surface area contributed by atoms with Crippen molar-refractivity contribution in [1.29, 1.82) is 0 Å². The lowest BCUT2D eigenvalue weighted by molar-refractivity contribution is 0.355. The molecule has 1 N–H and O–H groups in total. The topological polar surface area (TPSA) is 86.8 Å². The number of hydrogen-bond acceptors (Lipinski definition) is 6. The molecule has 3 aromatic carbocycles. The molecule has 0 aliphatic rings. The number of nitrogens with one attached hydrogen (secondary N) is 1. The van der Waals surface area contributed by atoms with Crippen LogP contribution in [-0.4, -0.2) is 34.2 Å². The van der Waals surface area contributed by atoms with Crippen LogP contribution in [-0.2, 0) is 16.4 Å². The van der Waals surface area contributed by atoms with Crippen LogP contribution in [0.15, 0.2) is 77.8 Å². The van der Waals surface area contributed by atoms with Crippen LogP contribution in [0.5, 0.6) is 23.0 Å². The van der Waals surface area contributed by atoms with E-state index >= 15 is 0 Å². The summed E-state index contributed by atoms with van der Waals surface area (Å²) in [6.07, 6.45) is 2.89. The molecule has 0 aliphatic carbocycles. The van der Waals surface area contributed by atoms with E-state index in [1.165, 1.54) is 32.5 Å². The van der Waals surface area contributed by atoms with Gasteiger partial charge in [0.25, 0.3) is 0 Å². The van der Waals surface area contributed by atoms with E-state index in [1.54, 1.807) is 18.2 Å². The lowest BCUT2D eigenvalue weighted by atomic mass is 10.1. The number of fused-ring (bicyclic) bond motifs is 1. The number of aryl methyl sites for hydroxylation is 1. The summed E-state index contributed by atoms with van der Waals surface area (Å²) >= 11 is 0. The van der Waals surface area contributed by atoms with Crippen LogP contribution in [0, 0.1) is 5.82 Å². The van der Waals surface area contributed by atoms with Gasteiger partial charge in [0.05, 0.1) is 24.6 Å². The van der Waals surface area contributed by atoms with Crippen LogP contribution < -0.4 is 18.9 Å². The zero-order chi connectivity index (χ0) is 24.8. The number of nitrogens with zero attached hydrogens (tertiary/aromatic N) is 1. The quantitative estimate of drug-likeness (QED) is 0.308. The van der Waals surface area contributed by atoms with Gasteiger partial charge in [-0.1, -0.05) is 30.3 Å². The molecule has 0 aliphatic heterocycles. The summed E-state index contributed by atoms with van der Waals surface area (Å²) < 4.78 is 59.0. The monoisotopic (exact) mass is 496 g/mol. The van der Waals surface area contributed by atoms with E-state index in [-0.39, 0.29) is 17.2 Å². The Morgan fingerprint density at radius 3 is 2.34 bits per heavy atom. The zero-order valence-corrected chi connectivity index (χ0v) is 20.1. The number of aromatic nitrogens is 1. The Hall–Kier alpha value is -3.69. The van der Waals surface area contributed by atoms with Gasteiger partial charge in [-0.05, 0) is 48.7 Å². The lowest BCUT2D eigenvalue weighted by Gasteiger charge is -2.13. The first kappa shape index (κ1) is 24.4. The highest BCUT2D eigenvalue weighted by atomic mass is 32.2. The molecule has 0 saturated carbocycles. The number of benzene rings is 3. The van der Waals surface area contributed by atoms with Gasteiger partial charge >= 0.3 is 0 Å². The molecular formula is C26H25FN2O5S. The van der Waals surface area contributed by atoms with Crippen molar-refractivity contribution >= 4 is 20.9 Å². The Morgan fingerprint density at radius 2 is 1.63 bits per heavy atom. The molecular weight excluding hydrogens is 471 g/mol. The number of sulfonamides is 1. The lowest BCUT2D eigenvalue weighted by Crippen LogP contribution is -2.25. The molecule has 0 bridgehead atoms. The van der Waals surface area contributed by atoms with E-state index in [2.05, 4.69) is 9.71 Å². The normalized spacial score (nSPS) is 11.4. The van der Waals surface area contributed by atoms with Gasteiger partial charge in [0.15, 0.2) is 23.1 Å². The Morgan fingerprint density at radius 1 is 0.886 bits per heavy atom. The van der Waals surface area contributed by atoms with Crippen LogP contribution in [0.1, 0.15) is 12.0 Å². The van der Waals surface area contributed by atoms with Gasteiger partial charge in [-0.25, -0.2) is 17.5 Å². The highest BCUT2D eigenvalue weighted by Crippen LogP contribution is 2.37. The van der Waals surface area contributed by atoms with Gasteiger partial charge in [0.1, 0.15) is 5.75 Å². The van der Waals surface area contributed by atoms with Crippen molar-refractivity contribution in [2.75, 3.05) is 20.8 Å². The Bertz CT molecular complexity index is 1430. The number of ether oxygens (including phenoxy) is 3. The summed E-state index contributed by atoms with van der Waals surface area (Å²) in [5.41, 5.74) is 1.69. The highest BCUT2D eigenvalue weighted by Gasteiger charge is 2.18. The Kier molecular flexibility index (Phi) is 7.48. The molecule has 35 heavy (non-hydrogen) atoms. The van der Waals surface area contributed by atoms with E-state index in [1.807, 2.05) is 30.3 Å². The molecule has 1 heterocycles. The summed E-state index contributed by atoms with van der Waals surface area (Å²) in [4.78, 5) is 4.12. The predicted octanol–water partition coefficient (Wildman–Crippen LogP) is 5.09. The van der Waals surface area contributed by atoms with Crippen molar-refractivity contribution < 1.29 is 27.0 Å². The van der Waals surface area contributed by atoms with Gasteiger partial charge in [0, 0.05) is 24.2 Å². The van der Waals surface area contributed by atoms with E-state index in [9.17, 15) is 12.8 Å². The third kappa shape index (κ3) is 5.70. The molecule has 0 fully saturated rings. The number of hydrogen-bond donors (Lipinski definition) is 1. The Labute approximate surface area is 203 Å². The summed E-state index contributed by atoms with van der Waals surface area (Å²) in [6.45, 7) is 0.241. The Balaban J connectivity index is 1.48. The van der Waals surface area contributed by atoms with Gasteiger partial charge in [0.2, 0.25) is 10.0 Å². The number of rotatable bonds is 10. The molecule has 4 aromatic rings. The molecule has 4 rings (SSSR count). The van der Waals surface area contributed by atoms with Crippen LogP contribution in [0.3, 0.4) is 0 Å². The van der Waals surface area contributed by atoms with Crippen molar-refractivity contribution in [2.24, 2.45) is 0 Å². The maximum absolute atomic E-state index is 14.9. The maximum atomic E-state index is 14.9. The van der Waals surface area contributed by atoms with Gasteiger partial charge in [-0.15, -0.1) is 0 Å². The minimum absolute atomic E-state index is 0.115. The smallest absolute Gasteiger partial charge is 0.240 e. The average molecular weight is 497 g/mol. The molecule has 0 saturated heterocycles. The van der Waals surface area contributed by atoms with Gasteiger partial charge < -0.3 is 14.2 Å². The van der Waals surface area contributed by atoms with E-state index in [0.717, 1.165) is 18.1 Å². The second-order valence-corrected chi connectivity index (χ2v) is 9.48. The first-order valence-corrected chi connectivity index (χ1v) is 12.4. The first-order chi connectivity index (χ1) is 16.9. The molecule has 7 nitrogen and oxygen atoms in total. The van der Waals surface area contributed by atoms with Crippen molar-refractivity contribution in [3.05, 3.63) is 84.3 Å². The summed E-state index contributed by atoms with van der Waals surface area (Å²) in [6, 6.07) is 18.3. The molecule has 9 heteroatoms. The third-order valence-corrected chi connectivity index (χ3v) is 6.88. The van der Waals surface area contributed by atoms with Crippen LogP contribution in [0.4, 0.5) is 4.39 Å². The molecule has 182 valence electrons. The van der Waals surface area contributed by atoms with E-state index < -0.39 is 15.8 Å². The highest BCUT2D eigenvalue weighted by molar-refractivity contribution is 7.89. The fourth-order valence-corrected chi connectivity index (χ4v) is 4.70. The second-order valence-electron chi connectivity index (χ2n) is 7.71. The van der Waals surface area contributed by atoms with Crippen molar-refractivity contribution in [2.45, 2.75) is 17.7 Å². The van der Waals surface area contributed by atoms with Gasteiger partial charge in [-0.3, -0.25) is 4.98 Å². The second kappa shape index (κ2) is 10.7. The zero-order valence-electron chi connectivity index (χ0n) is 19.3. The average Bonchev–Trinajstić information content (AvgIpc) is 2.87.